The van der Waals surface area contributed by atoms with E-state index in [2.05, 4.69) is 9.88 Å². The quantitative estimate of drug-likeness (QED) is 0.311. The number of rotatable bonds is 8. The Balaban J connectivity index is 1.13. The molecule has 2 aromatic heterocycles. The van der Waals surface area contributed by atoms with Crippen molar-refractivity contribution in [2.75, 3.05) is 42.6 Å². The number of fused-ring (bicyclic) bond motifs is 1. The van der Waals surface area contributed by atoms with E-state index in [4.69, 9.17) is 36.8 Å². The van der Waals surface area contributed by atoms with Gasteiger partial charge in [0.25, 0.3) is 0 Å². The number of anilines is 2. The second-order valence-corrected chi connectivity index (χ2v) is 13.1. The number of aliphatic hydroxyl groups excluding tert-OH is 2. The van der Waals surface area contributed by atoms with Crippen molar-refractivity contribution in [3.63, 3.8) is 0 Å². The summed E-state index contributed by atoms with van der Waals surface area (Å²) >= 11 is 8.07. The fraction of sp³-hybridized carbons (Fsp3) is 0.484. The lowest BCUT2D eigenvalue weighted by molar-refractivity contribution is -0.160. The second-order valence-electron chi connectivity index (χ2n) is 11.7. The minimum absolute atomic E-state index is 0.181. The van der Waals surface area contributed by atoms with Crippen LogP contribution in [0.25, 0.3) is 0 Å². The molecule has 4 N–H and O–H groups in total. The topological polar surface area (TPSA) is 147 Å². The average molecular weight is 641 g/mol. The number of esters is 1. The molecule has 3 saturated heterocycles. The number of pyridine rings is 1. The van der Waals surface area contributed by atoms with Gasteiger partial charge in [0, 0.05) is 43.3 Å². The van der Waals surface area contributed by atoms with Crippen molar-refractivity contribution in [1.29, 1.82) is 0 Å². The van der Waals surface area contributed by atoms with Gasteiger partial charge in [-0.1, -0.05) is 53.7 Å². The number of β-amino-alcohol motifs (C(OH)–C–C–N with tert-alkyl or cyclic N) is 1. The summed E-state index contributed by atoms with van der Waals surface area (Å²) in [5, 5.41) is 21.2. The third kappa shape index (κ3) is 6.65. The smallest absolute Gasteiger partial charge is 0.337 e. The first-order chi connectivity index (χ1) is 21.3. The summed E-state index contributed by atoms with van der Waals surface area (Å²) in [5.74, 6) is 1.29. The maximum Gasteiger partial charge on any atom is 0.337 e. The van der Waals surface area contributed by atoms with Crippen LogP contribution in [0.3, 0.4) is 0 Å². The van der Waals surface area contributed by atoms with Crippen LogP contribution in [0.4, 0.5) is 11.6 Å². The Morgan fingerprint density at radius 1 is 1.14 bits per heavy atom. The predicted octanol–water partition coefficient (Wildman–Crippen LogP) is 2.96. The van der Waals surface area contributed by atoms with Gasteiger partial charge in [-0.25, -0.2) is 19.7 Å². The molecule has 6 rings (SSSR count). The predicted molar refractivity (Wildman–Crippen MR) is 167 cm³/mol. The number of carbonyl (C=O) groups excluding carboxylic acids is 1. The molecular weight excluding hydrogens is 604 g/mol. The Kier molecular flexibility index (Phi) is 9.55. The third-order valence-electron chi connectivity index (χ3n) is 8.53. The Labute approximate surface area is 265 Å². The molecule has 1 aromatic carbocycles. The first-order valence-corrected chi connectivity index (χ1v) is 16.1. The van der Waals surface area contributed by atoms with Crippen LogP contribution in [0.1, 0.15) is 29.8 Å². The maximum atomic E-state index is 12.9. The standard InChI is InChI=1S/C31H37ClN6O5S/c1-18-30(44-25-7-9-34-29(26(25)32)38-13-22(40)14-38)36-24(15-39)28(35-18)37-10-8-20-17-42-27(23(33)11-21(20)12-37)31(41)43-16-19-5-3-2-4-6-19/h2-7,9,20-23,27,39-40H,8,10-17,33H2,1H3/t20?,21?,23-,27?/m0/s1. The number of hydrogen-bond acceptors (Lipinski definition) is 12. The zero-order chi connectivity index (χ0) is 30.8. The fourth-order valence-electron chi connectivity index (χ4n) is 6.07. The Morgan fingerprint density at radius 2 is 1.93 bits per heavy atom. The zero-order valence-corrected chi connectivity index (χ0v) is 26.1. The van der Waals surface area contributed by atoms with Gasteiger partial charge in [0.2, 0.25) is 0 Å². The van der Waals surface area contributed by atoms with Crippen LogP contribution < -0.4 is 15.5 Å². The SMILES string of the molecule is Cc1nc(N2CCC3COC(C(=O)OCc4ccccc4)[C@@H](N)CC3C2)c(CO)nc1Sc1ccnc(N2CC(O)C2)c1Cl. The number of halogens is 1. The molecule has 3 aromatic rings. The van der Waals surface area contributed by atoms with Crippen molar-refractivity contribution in [2.45, 2.75) is 61.2 Å². The number of ether oxygens (including phenoxy) is 2. The molecule has 3 aliphatic heterocycles. The van der Waals surface area contributed by atoms with Crippen LogP contribution in [0, 0.1) is 18.8 Å². The van der Waals surface area contributed by atoms with Crippen molar-refractivity contribution >= 4 is 41.0 Å². The van der Waals surface area contributed by atoms with Gasteiger partial charge in [0.1, 0.15) is 23.1 Å². The lowest BCUT2D eigenvalue weighted by Crippen LogP contribution is -2.51. The van der Waals surface area contributed by atoms with Crippen LogP contribution in [0.15, 0.2) is 52.5 Å². The van der Waals surface area contributed by atoms with E-state index < -0.39 is 18.1 Å². The van der Waals surface area contributed by atoms with E-state index >= 15 is 0 Å². The van der Waals surface area contributed by atoms with Crippen LogP contribution >= 0.6 is 23.4 Å². The van der Waals surface area contributed by atoms with Crippen molar-refractivity contribution in [3.8, 4) is 0 Å². The second kappa shape index (κ2) is 13.6. The number of aromatic nitrogens is 3. The van der Waals surface area contributed by atoms with E-state index in [1.165, 1.54) is 11.8 Å². The number of carbonyl (C=O) groups is 1. The van der Waals surface area contributed by atoms with E-state index in [-0.39, 0.29) is 31.2 Å². The lowest BCUT2D eigenvalue weighted by Gasteiger charge is -2.39. The fourth-order valence-corrected chi connectivity index (χ4v) is 7.28. The molecule has 0 saturated carbocycles. The van der Waals surface area contributed by atoms with Crippen molar-refractivity contribution < 1.29 is 24.5 Å². The van der Waals surface area contributed by atoms with Crippen LogP contribution in [0.5, 0.6) is 0 Å². The van der Waals surface area contributed by atoms with Crippen LogP contribution in [-0.4, -0.2) is 82.2 Å². The van der Waals surface area contributed by atoms with E-state index in [1.807, 2.05) is 48.2 Å². The lowest BCUT2D eigenvalue weighted by atomic mass is 9.82. The Bertz CT molecular complexity index is 1480. The number of hydrogen-bond donors (Lipinski definition) is 3. The number of nitrogens with two attached hydrogens (primary N) is 1. The van der Waals surface area contributed by atoms with Crippen LogP contribution in [0.2, 0.25) is 5.02 Å². The van der Waals surface area contributed by atoms with Gasteiger partial charge in [-0.05, 0) is 43.2 Å². The molecule has 3 aliphatic rings. The van der Waals surface area contributed by atoms with Gasteiger partial charge >= 0.3 is 5.97 Å². The number of benzene rings is 1. The normalized spacial score (nSPS) is 23.9. The first kappa shape index (κ1) is 31.0. The molecule has 5 heterocycles. The van der Waals surface area contributed by atoms with Gasteiger partial charge < -0.3 is 35.2 Å². The largest absolute Gasteiger partial charge is 0.459 e. The molecular formula is C31H37ClN6O5S. The Hall–Kier alpha value is -3.00. The summed E-state index contributed by atoms with van der Waals surface area (Å²) < 4.78 is 11.6. The molecule has 0 radical (unpaired) electrons. The van der Waals surface area contributed by atoms with Gasteiger partial charge in [-0.15, -0.1) is 0 Å². The third-order valence-corrected chi connectivity index (χ3v) is 10.2. The summed E-state index contributed by atoms with van der Waals surface area (Å²) in [6.45, 7) is 4.64. The molecule has 0 aliphatic carbocycles. The maximum absolute atomic E-state index is 12.9. The highest BCUT2D eigenvalue weighted by molar-refractivity contribution is 7.99. The molecule has 4 atom stereocenters. The van der Waals surface area contributed by atoms with E-state index in [0.717, 1.165) is 29.1 Å². The molecule has 3 fully saturated rings. The average Bonchev–Trinajstić information content (AvgIpc) is 3.18. The van der Waals surface area contributed by atoms with Gasteiger partial charge in [-0.3, -0.25) is 0 Å². The minimum Gasteiger partial charge on any atom is -0.459 e. The minimum atomic E-state index is -0.809. The summed E-state index contributed by atoms with van der Waals surface area (Å²) in [7, 11) is 0. The van der Waals surface area contributed by atoms with Crippen molar-refractivity contribution in [3.05, 3.63) is 64.6 Å². The van der Waals surface area contributed by atoms with Gasteiger partial charge in [-0.2, -0.15) is 0 Å². The van der Waals surface area contributed by atoms with Crippen molar-refractivity contribution in [2.24, 2.45) is 17.6 Å². The monoisotopic (exact) mass is 640 g/mol. The molecule has 0 spiro atoms. The van der Waals surface area contributed by atoms with Crippen LogP contribution in [-0.2, 0) is 27.5 Å². The van der Waals surface area contributed by atoms with E-state index in [9.17, 15) is 15.0 Å². The summed E-state index contributed by atoms with van der Waals surface area (Å²) in [6, 6.07) is 10.9. The number of nitrogens with zero attached hydrogens (tertiary/aromatic N) is 5. The Morgan fingerprint density at radius 3 is 2.68 bits per heavy atom. The zero-order valence-electron chi connectivity index (χ0n) is 24.5. The number of piperidine rings is 1. The molecule has 44 heavy (non-hydrogen) atoms. The summed E-state index contributed by atoms with van der Waals surface area (Å²) in [6.07, 6.45) is 1.96. The first-order valence-electron chi connectivity index (χ1n) is 14.9. The highest BCUT2D eigenvalue weighted by atomic mass is 35.5. The molecule has 11 nitrogen and oxygen atoms in total. The van der Waals surface area contributed by atoms with Gasteiger partial charge in [0.15, 0.2) is 11.9 Å². The molecule has 234 valence electrons. The molecule has 0 bridgehead atoms. The number of aryl methyl sites for hydroxylation is 1. The molecule has 3 unspecified atom stereocenters. The number of aliphatic hydroxyl groups is 2. The summed E-state index contributed by atoms with van der Waals surface area (Å²) in [4.78, 5) is 31.9. The van der Waals surface area contributed by atoms with Crippen molar-refractivity contribution in [1.82, 2.24) is 15.0 Å². The highest BCUT2D eigenvalue weighted by Gasteiger charge is 2.40. The van der Waals surface area contributed by atoms with E-state index in [0.29, 0.717) is 60.0 Å². The van der Waals surface area contributed by atoms with E-state index in [1.54, 1.807) is 6.20 Å². The van der Waals surface area contributed by atoms with Gasteiger partial charge in [0.05, 0.1) is 30.0 Å². The molecule has 0 amide bonds. The summed E-state index contributed by atoms with van der Waals surface area (Å²) in [5.41, 5.74) is 8.65. The molecule has 13 heteroatoms. The highest BCUT2D eigenvalue weighted by Crippen LogP contribution is 2.40.